The van der Waals surface area contributed by atoms with E-state index in [1.165, 1.54) is 0 Å². The number of hydrogen-bond acceptors (Lipinski definition) is 3. The van der Waals surface area contributed by atoms with Crippen LogP contribution in [0.25, 0.3) is 0 Å². The molecule has 0 aromatic rings. The number of ketones is 1. The smallest absolute Gasteiger partial charge is 0.316 e. The predicted octanol–water partition coefficient (Wildman–Crippen LogP) is -0.732. The number of carboxylic acid groups (broad SMARTS) is 1. The average molecular weight is 132 g/mol. The van der Waals surface area contributed by atoms with Crippen LogP contribution in [0.4, 0.5) is 0 Å². The van der Waals surface area contributed by atoms with E-state index >= 15 is 0 Å². The van der Waals surface area contributed by atoms with Crippen molar-refractivity contribution in [1.29, 1.82) is 0 Å². The minimum absolute atomic E-state index is 0.523. The normalized spacial score (nSPS) is 12.7. The third-order valence-corrected chi connectivity index (χ3v) is 0.971. The lowest BCUT2D eigenvalue weighted by Crippen LogP contribution is -2.24. The summed E-state index contributed by atoms with van der Waals surface area (Å²) in [5, 5.41) is 16.4. The zero-order valence-corrected chi connectivity index (χ0v) is 5.00. The number of rotatable bonds is 3. The van der Waals surface area contributed by atoms with Crippen LogP contribution in [0.15, 0.2) is 0 Å². The second-order valence-electron chi connectivity index (χ2n) is 1.68. The molecule has 0 aromatic heterocycles. The molecular weight excluding hydrogens is 124 g/mol. The van der Waals surface area contributed by atoms with E-state index in [1.807, 2.05) is 0 Å². The standard InChI is InChI=1S/C5H8O4/c1-3(7)4(2-6)5(8)9/h4,6H,2H2,1H3,(H,8,9). The molecule has 0 saturated heterocycles. The summed E-state index contributed by atoms with van der Waals surface area (Å²) in [7, 11) is 0. The fraction of sp³-hybridized carbons (Fsp3) is 0.600. The molecule has 0 saturated carbocycles. The van der Waals surface area contributed by atoms with Gasteiger partial charge in [0.15, 0.2) is 0 Å². The molecular formula is C5H8O4. The molecule has 0 amide bonds. The van der Waals surface area contributed by atoms with Gasteiger partial charge in [-0.25, -0.2) is 0 Å². The first-order valence-corrected chi connectivity index (χ1v) is 2.43. The fourth-order valence-corrected chi connectivity index (χ4v) is 0.381. The van der Waals surface area contributed by atoms with Gasteiger partial charge in [-0.1, -0.05) is 0 Å². The van der Waals surface area contributed by atoms with Gasteiger partial charge >= 0.3 is 5.97 Å². The van der Waals surface area contributed by atoms with Gasteiger partial charge in [-0.3, -0.25) is 9.59 Å². The first-order valence-electron chi connectivity index (χ1n) is 2.43. The van der Waals surface area contributed by atoms with Crippen LogP contribution in [0.2, 0.25) is 0 Å². The molecule has 0 radical (unpaired) electrons. The molecule has 4 nitrogen and oxygen atoms in total. The van der Waals surface area contributed by atoms with E-state index in [2.05, 4.69) is 0 Å². The number of aliphatic carboxylic acids is 1. The Balaban J connectivity index is 3.99. The molecule has 0 aliphatic carbocycles. The predicted molar refractivity (Wildman–Crippen MR) is 28.9 cm³/mol. The summed E-state index contributed by atoms with van der Waals surface area (Å²) in [6.45, 7) is 0.514. The second-order valence-corrected chi connectivity index (χ2v) is 1.68. The topological polar surface area (TPSA) is 74.6 Å². The Morgan fingerprint density at radius 2 is 2.00 bits per heavy atom. The van der Waals surface area contributed by atoms with Gasteiger partial charge in [-0.05, 0) is 6.92 Å². The van der Waals surface area contributed by atoms with Crippen LogP contribution in [0, 0.1) is 5.92 Å². The lowest BCUT2D eigenvalue weighted by atomic mass is 10.1. The van der Waals surface area contributed by atoms with Crippen LogP contribution in [0.3, 0.4) is 0 Å². The molecule has 0 aliphatic rings. The Hall–Kier alpha value is -0.900. The molecule has 0 spiro atoms. The quantitative estimate of drug-likeness (QED) is 0.496. The summed E-state index contributed by atoms with van der Waals surface area (Å²) in [5.74, 6) is -3.04. The summed E-state index contributed by atoms with van der Waals surface area (Å²) in [6, 6.07) is 0. The molecule has 52 valence electrons. The van der Waals surface area contributed by atoms with E-state index in [4.69, 9.17) is 10.2 Å². The van der Waals surface area contributed by atoms with Crippen molar-refractivity contribution in [1.82, 2.24) is 0 Å². The van der Waals surface area contributed by atoms with E-state index < -0.39 is 24.3 Å². The Morgan fingerprint density at radius 1 is 1.56 bits per heavy atom. The van der Waals surface area contributed by atoms with Gasteiger partial charge in [0.05, 0.1) is 6.61 Å². The van der Waals surface area contributed by atoms with Crippen LogP contribution < -0.4 is 0 Å². The number of carbonyl (C=O) groups excluding carboxylic acids is 1. The number of aliphatic hydroxyl groups is 1. The average Bonchev–Trinajstić information content (AvgIpc) is 1.64. The maximum Gasteiger partial charge on any atom is 0.316 e. The van der Waals surface area contributed by atoms with E-state index in [0.717, 1.165) is 6.92 Å². The van der Waals surface area contributed by atoms with Gasteiger partial charge in [0.1, 0.15) is 11.7 Å². The maximum absolute atomic E-state index is 10.3. The second kappa shape index (κ2) is 3.19. The van der Waals surface area contributed by atoms with Crippen LogP contribution in [-0.4, -0.2) is 28.6 Å². The SMILES string of the molecule is CC(=O)C(CO)C(=O)O. The number of carbonyl (C=O) groups is 2. The Morgan fingerprint density at radius 3 is 2.00 bits per heavy atom. The van der Waals surface area contributed by atoms with Crippen molar-refractivity contribution < 1.29 is 19.8 Å². The lowest BCUT2D eigenvalue weighted by Gasteiger charge is -2.01. The van der Waals surface area contributed by atoms with Gasteiger partial charge < -0.3 is 10.2 Å². The number of carboxylic acids is 1. The molecule has 0 aromatic carbocycles. The molecule has 2 N–H and O–H groups in total. The minimum atomic E-state index is -1.27. The van der Waals surface area contributed by atoms with Crippen molar-refractivity contribution in [2.24, 2.45) is 5.92 Å². The summed E-state index contributed by atoms with van der Waals surface area (Å²) < 4.78 is 0. The third-order valence-electron chi connectivity index (χ3n) is 0.971. The maximum atomic E-state index is 10.3. The first kappa shape index (κ1) is 8.10. The van der Waals surface area contributed by atoms with Crippen molar-refractivity contribution in [2.75, 3.05) is 6.61 Å². The zero-order chi connectivity index (χ0) is 7.44. The van der Waals surface area contributed by atoms with E-state index in [1.54, 1.807) is 0 Å². The highest BCUT2D eigenvalue weighted by atomic mass is 16.4. The highest BCUT2D eigenvalue weighted by Gasteiger charge is 2.20. The van der Waals surface area contributed by atoms with Crippen LogP contribution in [0.1, 0.15) is 6.92 Å². The first-order chi connectivity index (χ1) is 4.09. The monoisotopic (exact) mass is 132 g/mol. The molecule has 0 rings (SSSR count). The van der Waals surface area contributed by atoms with Crippen molar-refractivity contribution >= 4 is 11.8 Å². The zero-order valence-electron chi connectivity index (χ0n) is 5.00. The molecule has 1 atom stereocenters. The third kappa shape index (κ3) is 2.23. The number of hydrogen-bond donors (Lipinski definition) is 2. The molecule has 9 heavy (non-hydrogen) atoms. The van der Waals surface area contributed by atoms with E-state index in [-0.39, 0.29) is 0 Å². The van der Waals surface area contributed by atoms with Gasteiger partial charge in [-0.2, -0.15) is 0 Å². The molecule has 0 heterocycles. The molecule has 0 bridgehead atoms. The van der Waals surface area contributed by atoms with Crippen LogP contribution in [0.5, 0.6) is 0 Å². The van der Waals surface area contributed by atoms with Gasteiger partial charge in [0.2, 0.25) is 0 Å². The number of Topliss-reactive ketones (excluding diaryl/α,β-unsaturated/α-hetero) is 1. The summed E-state index contributed by atoms with van der Waals surface area (Å²) >= 11 is 0. The fourth-order valence-electron chi connectivity index (χ4n) is 0.381. The highest BCUT2D eigenvalue weighted by Crippen LogP contribution is 1.95. The highest BCUT2D eigenvalue weighted by molar-refractivity contribution is 5.96. The van der Waals surface area contributed by atoms with Crippen molar-refractivity contribution in [3.63, 3.8) is 0 Å². The Kier molecular flexibility index (Phi) is 2.87. The largest absolute Gasteiger partial charge is 0.481 e. The summed E-state index contributed by atoms with van der Waals surface area (Å²) in [4.78, 5) is 20.3. The summed E-state index contributed by atoms with van der Waals surface area (Å²) in [5.41, 5.74) is 0. The Bertz CT molecular complexity index is 115. The molecule has 4 heteroatoms. The van der Waals surface area contributed by atoms with Crippen molar-refractivity contribution in [2.45, 2.75) is 6.92 Å². The molecule has 0 aliphatic heterocycles. The molecule has 0 fully saturated rings. The Labute approximate surface area is 52.1 Å². The summed E-state index contributed by atoms with van der Waals surface area (Å²) in [6.07, 6.45) is 0. The minimum Gasteiger partial charge on any atom is -0.481 e. The van der Waals surface area contributed by atoms with Gasteiger partial charge in [-0.15, -0.1) is 0 Å². The van der Waals surface area contributed by atoms with Crippen molar-refractivity contribution in [3.8, 4) is 0 Å². The lowest BCUT2D eigenvalue weighted by molar-refractivity contribution is -0.147. The van der Waals surface area contributed by atoms with Crippen LogP contribution >= 0.6 is 0 Å². The number of aliphatic hydroxyl groups excluding tert-OH is 1. The van der Waals surface area contributed by atoms with Gasteiger partial charge in [0, 0.05) is 0 Å². The molecule has 1 unspecified atom stereocenters. The van der Waals surface area contributed by atoms with Gasteiger partial charge in [0.25, 0.3) is 0 Å². The van der Waals surface area contributed by atoms with E-state index in [0.29, 0.717) is 0 Å². The van der Waals surface area contributed by atoms with Crippen molar-refractivity contribution in [3.05, 3.63) is 0 Å². The van der Waals surface area contributed by atoms with Crippen LogP contribution in [-0.2, 0) is 9.59 Å². The van der Waals surface area contributed by atoms with E-state index in [9.17, 15) is 9.59 Å².